The van der Waals surface area contributed by atoms with Gasteiger partial charge in [-0.1, -0.05) is 45.9 Å². The molecule has 1 amide bonds. The van der Waals surface area contributed by atoms with Crippen LogP contribution in [-0.2, 0) is 23.8 Å². The summed E-state index contributed by atoms with van der Waals surface area (Å²) in [7, 11) is 1.45. The molecule has 4 aliphatic rings. The number of aliphatic hydroxyl groups excluding tert-OH is 3. The molecule has 0 aliphatic carbocycles. The third kappa shape index (κ3) is 8.40. The van der Waals surface area contributed by atoms with Crippen molar-refractivity contribution in [2.24, 2.45) is 29.6 Å². The molecular weight excluding hydrogens is 865 g/mol. The second-order valence-electron chi connectivity index (χ2n) is 18.9. The summed E-state index contributed by atoms with van der Waals surface area (Å²) in [5.74, 6) is -6.50. The van der Waals surface area contributed by atoms with E-state index in [9.17, 15) is 39.6 Å². The van der Waals surface area contributed by atoms with Crippen molar-refractivity contribution in [3.63, 3.8) is 0 Å². The molecule has 4 bridgehead atoms. The van der Waals surface area contributed by atoms with Crippen LogP contribution in [0.3, 0.4) is 0 Å². The van der Waals surface area contributed by atoms with Crippen molar-refractivity contribution in [3.8, 4) is 11.5 Å². The summed E-state index contributed by atoms with van der Waals surface area (Å²) in [6.07, 6.45) is 5.71. The van der Waals surface area contributed by atoms with Gasteiger partial charge in [0.2, 0.25) is 10.9 Å². The Morgan fingerprint density at radius 3 is 2.42 bits per heavy atom. The van der Waals surface area contributed by atoms with Crippen LogP contribution in [0.15, 0.2) is 62.3 Å². The van der Waals surface area contributed by atoms with Gasteiger partial charge in [-0.3, -0.25) is 19.2 Å². The lowest BCUT2D eigenvalue weighted by Crippen LogP contribution is -2.46. The highest BCUT2D eigenvalue weighted by atomic mass is 16.7. The highest BCUT2D eigenvalue weighted by Crippen LogP contribution is 2.42. The predicted octanol–water partition coefficient (Wildman–Crippen LogP) is 4.75. The number of piperidine rings is 1. The Hall–Kier alpha value is -6.01. The Balaban J connectivity index is 1.35. The fourth-order valence-electron chi connectivity index (χ4n) is 10.3. The molecule has 8 rings (SSSR count). The summed E-state index contributed by atoms with van der Waals surface area (Å²) in [6, 6.07) is 3.45. The van der Waals surface area contributed by atoms with Crippen molar-refractivity contribution < 1.29 is 53.4 Å². The number of fused-ring (bicyclic) bond motifs is 3. The van der Waals surface area contributed by atoms with Crippen molar-refractivity contribution in [2.45, 2.75) is 104 Å². The molecule has 2 fully saturated rings. The maximum absolute atomic E-state index is 14.9. The van der Waals surface area contributed by atoms with Crippen LogP contribution in [0.5, 0.6) is 11.5 Å². The van der Waals surface area contributed by atoms with E-state index in [1.165, 1.54) is 59.3 Å². The lowest BCUT2D eigenvalue weighted by Gasteiger charge is -2.38. The van der Waals surface area contributed by atoms with Crippen molar-refractivity contribution >= 4 is 62.0 Å². The van der Waals surface area contributed by atoms with E-state index in [2.05, 4.69) is 15.5 Å². The first-order valence-electron chi connectivity index (χ1n) is 22.9. The van der Waals surface area contributed by atoms with E-state index in [4.69, 9.17) is 28.3 Å². The zero-order valence-electron chi connectivity index (χ0n) is 39.2. The zero-order chi connectivity index (χ0) is 48.4. The van der Waals surface area contributed by atoms with E-state index in [-0.39, 0.29) is 66.8 Å². The Morgan fingerprint density at radius 2 is 1.72 bits per heavy atom. The number of rotatable bonds is 3. The van der Waals surface area contributed by atoms with Gasteiger partial charge in [-0.15, -0.1) is 0 Å². The number of hydrogen-bond donors (Lipinski definition) is 6. The average molecular weight is 925 g/mol. The van der Waals surface area contributed by atoms with E-state index < -0.39 is 88.1 Å². The van der Waals surface area contributed by atoms with E-state index in [1.807, 2.05) is 0 Å². The Bertz CT molecular complexity index is 2910. The minimum atomic E-state index is -1.98. The maximum atomic E-state index is 14.9. The maximum Gasteiger partial charge on any atom is 0.307 e. The van der Waals surface area contributed by atoms with Gasteiger partial charge < -0.3 is 59.3 Å². The molecule has 17 heteroatoms. The standard InChI is InChI=1S/C50H60N4O13/c1-22-12-10-13-23(2)49(62)53-40-44(60)36-35(39-47(40)66-34-19-30(18-32(56)38(34)52-39)54-20-29-14-11-16-51-31(29)21-54)37-46(27(6)43(36)59)67-50(8,48(37)61)64-17-15-33(63-9)24(3)45(65-28(7)55)26(5)42(58)25(4)41(22)57/h10,12-13,15,17-19,22,24-26,29,31,33,41-42,45,51,57-59,61H,11,14,16,20-21H2,1-9H3,(H,53,62)/b12-10+,17-15+,23-13-/t22-,24+,25+,26+,29+,31-,33-,41-,42+,45+,50-/m0/s1. The molecule has 0 spiro atoms. The number of amides is 1. The lowest BCUT2D eigenvalue weighted by atomic mass is 9.78. The number of hydrogen-bond acceptors (Lipinski definition) is 16. The van der Waals surface area contributed by atoms with Crippen molar-refractivity contribution in [1.29, 1.82) is 0 Å². The van der Waals surface area contributed by atoms with Crippen LogP contribution in [-0.4, -0.2) is 100 Å². The number of esters is 1. The van der Waals surface area contributed by atoms with Crippen LogP contribution < -0.4 is 36.3 Å². The van der Waals surface area contributed by atoms with Gasteiger partial charge in [-0.25, -0.2) is 4.98 Å². The van der Waals surface area contributed by atoms with Crippen LogP contribution in [0, 0.1) is 36.5 Å². The van der Waals surface area contributed by atoms with Crippen LogP contribution in [0.4, 0.5) is 11.4 Å². The average Bonchev–Trinajstić information content (AvgIpc) is 3.85. The number of aromatic nitrogens is 1. The van der Waals surface area contributed by atoms with Crippen LogP contribution in [0.2, 0.25) is 0 Å². The third-order valence-electron chi connectivity index (χ3n) is 14.4. The first-order valence-corrected chi connectivity index (χ1v) is 22.9. The smallest absolute Gasteiger partial charge is 0.307 e. The minimum Gasteiger partial charge on any atom is -0.507 e. The number of ether oxygens (including phenoxy) is 4. The lowest BCUT2D eigenvalue weighted by molar-refractivity contribution is -0.160. The molecule has 67 heavy (non-hydrogen) atoms. The van der Waals surface area contributed by atoms with Gasteiger partial charge in [0.05, 0.1) is 35.2 Å². The molecule has 11 atom stereocenters. The second-order valence-corrected chi connectivity index (χ2v) is 18.9. The number of carbonyl (C=O) groups excluding carboxylic acids is 2. The van der Waals surface area contributed by atoms with Gasteiger partial charge in [0, 0.05) is 98.1 Å². The van der Waals surface area contributed by atoms with E-state index >= 15 is 0 Å². The highest BCUT2D eigenvalue weighted by molar-refractivity contribution is 6.16. The number of carbonyl (C=O) groups is 2. The number of allylic oxidation sites excluding steroid dienone is 2. The summed E-state index contributed by atoms with van der Waals surface area (Å²) < 4.78 is 30.6. The van der Waals surface area contributed by atoms with Crippen LogP contribution >= 0.6 is 0 Å². The Morgan fingerprint density at radius 1 is 0.970 bits per heavy atom. The zero-order valence-corrected chi connectivity index (χ0v) is 39.2. The topological polar surface area (TPSA) is 239 Å². The number of aromatic hydroxyl groups is 1. The molecule has 5 heterocycles. The van der Waals surface area contributed by atoms with Crippen LogP contribution in [0.25, 0.3) is 38.7 Å². The monoisotopic (exact) mass is 924 g/mol. The number of phenols is 1. The molecule has 2 saturated heterocycles. The van der Waals surface area contributed by atoms with Gasteiger partial charge in [0.15, 0.2) is 22.4 Å². The Labute approximate surface area is 386 Å². The highest BCUT2D eigenvalue weighted by Gasteiger charge is 2.44. The van der Waals surface area contributed by atoms with Gasteiger partial charge in [-0.05, 0) is 45.2 Å². The fourth-order valence-corrected chi connectivity index (χ4v) is 10.3. The summed E-state index contributed by atoms with van der Waals surface area (Å²) in [5.41, 5.74) is -1.29. The molecule has 0 radical (unpaired) electrons. The molecule has 6 N–H and O–H groups in total. The third-order valence-corrected chi connectivity index (χ3v) is 14.4. The molecule has 4 aliphatic heterocycles. The molecule has 358 valence electrons. The number of nitrogens with one attached hydrogen (secondary N) is 2. The number of aliphatic hydroxyl groups is 3. The molecule has 17 nitrogen and oxygen atoms in total. The number of benzene rings is 3. The summed E-state index contributed by atoms with van der Waals surface area (Å²) >= 11 is 0. The van der Waals surface area contributed by atoms with Crippen molar-refractivity contribution in [2.75, 3.05) is 37.0 Å². The number of nitrogens with zero attached hydrogens (tertiary/aromatic N) is 2. The van der Waals surface area contributed by atoms with Gasteiger partial charge in [0.1, 0.15) is 28.8 Å². The molecule has 1 aromatic heterocycles. The quantitative estimate of drug-likeness (QED) is 0.0924. The summed E-state index contributed by atoms with van der Waals surface area (Å²) in [4.78, 5) is 62.4. The minimum absolute atomic E-state index is 0.0457. The molecule has 4 aromatic rings. The van der Waals surface area contributed by atoms with E-state index in [0.717, 1.165) is 25.9 Å². The number of phenolic OH excluding ortho intramolecular Hbond substituents is 1. The van der Waals surface area contributed by atoms with Gasteiger partial charge in [0.25, 0.3) is 5.91 Å². The fraction of sp³-hybridized carbons (Fsp3) is 0.500. The molecular formula is C50H60N4O13. The first-order chi connectivity index (χ1) is 31.8. The van der Waals surface area contributed by atoms with E-state index in [1.54, 1.807) is 45.9 Å². The van der Waals surface area contributed by atoms with Crippen LogP contribution in [0.1, 0.15) is 66.9 Å². The first kappa shape index (κ1) is 47.5. The predicted molar refractivity (Wildman–Crippen MR) is 252 cm³/mol. The van der Waals surface area contributed by atoms with Gasteiger partial charge >= 0.3 is 11.8 Å². The second kappa shape index (κ2) is 18.2. The molecule has 3 aromatic carbocycles. The summed E-state index contributed by atoms with van der Waals surface area (Å²) in [6.45, 7) is 15.0. The van der Waals surface area contributed by atoms with Crippen molar-refractivity contribution in [1.82, 2.24) is 10.3 Å². The van der Waals surface area contributed by atoms with Gasteiger partial charge in [-0.2, -0.15) is 0 Å². The summed E-state index contributed by atoms with van der Waals surface area (Å²) in [5, 5.41) is 52.9. The Kier molecular flexibility index (Phi) is 12.9. The van der Waals surface area contributed by atoms with E-state index in [0.29, 0.717) is 18.2 Å². The number of methoxy groups -OCH3 is 1. The molecule has 0 saturated carbocycles. The normalized spacial score (nSPS) is 32.4. The van der Waals surface area contributed by atoms with Crippen molar-refractivity contribution in [3.05, 3.63) is 79.5 Å². The SMILES string of the molecule is CO[C@H]1/C=C/O[C@@]2(C)Oc3c(C)c(O)c4c(=O)c(c5oc6cc(N7C[C@H]8CCCN[C@H]8C7)cc(=O)c6nc5c4c3=C2O)NC(=O)/C(C)=C\C=C\[C@H](C)[C@H](O)[C@@H](C)[C@@H](O)[C@@H](C)[C@H](OC(C)=O)[C@@H]1C. The number of anilines is 2. The molecule has 0 unspecified atom stereocenters. The largest absolute Gasteiger partial charge is 0.507 e.